The zero-order chi connectivity index (χ0) is 6.10. The average Bonchev–Trinajstić information content (AvgIpc) is 2.33. The highest BCUT2D eigenvalue weighted by atomic mass is 15.3. The maximum atomic E-state index is 3.97. The van der Waals surface area contributed by atoms with Crippen LogP contribution in [0.15, 0.2) is 18.1 Å². The van der Waals surface area contributed by atoms with E-state index in [-0.39, 0.29) is 0 Å². The second-order valence-corrected chi connectivity index (χ2v) is 1.82. The van der Waals surface area contributed by atoms with Crippen molar-refractivity contribution in [2.24, 2.45) is 0 Å². The molecule has 0 aliphatic carbocycles. The van der Waals surface area contributed by atoms with Crippen molar-refractivity contribution >= 4 is 6.08 Å². The first-order valence-corrected chi connectivity index (χ1v) is 2.75. The highest BCUT2D eigenvalue weighted by Crippen LogP contribution is 1.99. The lowest BCUT2D eigenvalue weighted by Crippen LogP contribution is -2.01. The summed E-state index contributed by atoms with van der Waals surface area (Å²) in [6.45, 7) is 0.797. The van der Waals surface area contributed by atoms with Gasteiger partial charge < -0.3 is 0 Å². The van der Waals surface area contributed by atoms with Crippen molar-refractivity contribution in [3.05, 3.63) is 24.0 Å². The number of allylic oxidation sites excluding steroid dienone is 1. The smallest absolute Gasteiger partial charge is 0.158 e. The Morgan fingerprint density at radius 3 is 3.56 bits per heavy atom. The molecule has 0 aromatic carbocycles. The molecule has 0 N–H and O–H groups in total. The van der Waals surface area contributed by atoms with Crippen molar-refractivity contribution in [3.8, 4) is 0 Å². The van der Waals surface area contributed by atoms with Crippen LogP contribution >= 0.6 is 0 Å². The monoisotopic (exact) mass is 119 g/mol. The number of aromatic nitrogens is 3. The minimum absolute atomic E-state index is 0.797. The molecule has 9 heavy (non-hydrogen) atoms. The Morgan fingerprint density at radius 2 is 2.67 bits per heavy atom. The van der Waals surface area contributed by atoms with E-state index in [0.29, 0.717) is 0 Å². The Morgan fingerprint density at radius 1 is 1.67 bits per heavy atom. The molecule has 2 heterocycles. The van der Waals surface area contributed by atoms with Crippen LogP contribution in [-0.4, -0.2) is 14.8 Å². The van der Waals surface area contributed by atoms with Crippen LogP contribution in [0, 0.1) is 0 Å². The van der Waals surface area contributed by atoms with Gasteiger partial charge >= 0.3 is 0 Å². The summed E-state index contributed by atoms with van der Waals surface area (Å²) in [6.07, 6.45) is 5.28. The Bertz CT molecular complexity index is 278. The van der Waals surface area contributed by atoms with Crippen LogP contribution in [0.3, 0.4) is 0 Å². The first-order chi connectivity index (χ1) is 4.47. The summed E-state index contributed by atoms with van der Waals surface area (Å²) in [5.74, 6) is 0.887. The third-order valence-corrected chi connectivity index (χ3v) is 1.24. The fourth-order valence-corrected chi connectivity index (χ4v) is 0.798. The summed E-state index contributed by atoms with van der Waals surface area (Å²) in [6, 6.07) is 0. The lowest BCUT2D eigenvalue weighted by molar-refractivity contribution is 0.688. The molecule has 0 saturated heterocycles. The van der Waals surface area contributed by atoms with Gasteiger partial charge in [0.05, 0.1) is 6.54 Å². The normalized spacial score (nSPS) is 13.8. The molecule has 1 aliphatic rings. The van der Waals surface area contributed by atoms with Gasteiger partial charge in [0, 0.05) is 6.08 Å². The second kappa shape index (κ2) is 1.57. The highest BCUT2D eigenvalue weighted by molar-refractivity contribution is 5.40. The van der Waals surface area contributed by atoms with Crippen LogP contribution in [0.4, 0.5) is 0 Å². The first kappa shape index (κ1) is 4.53. The van der Waals surface area contributed by atoms with Gasteiger partial charge in [0.1, 0.15) is 6.33 Å². The number of rotatable bonds is 0. The first-order valence-electron chi connectivity index (χ1n) is 2.75. The minimum Gasteiger partial charge on any atom is -0.241 e. The maximum absolute atomic E-state index is 3.97. The van der Waals surface area contributed by atoms with E-state index in [0.717, 1.165) is 12.4 Å². The number of fused-ring (bicyclic) bond motifs is 1. The number of hydrogen-bond acceptors (Lipinski definition) is 2. The molecule has 1 aromatic heterocycles. The second-order valence-electron chi connectivity index (χ2n) is 1.82. The summed E-state index contributed by atoms with van der Waals surface area (Å²) < 4.78 is 1.82. The maximum Gasteiger partial charge on any atom is 0.158 e. The van der Waals surface area contributed by atoms with Gasteiger partial charge in [-0.25, -0.2) is 9.67 Å². The molecule has 0 fully saturated rings. The number of nitrogens with zero attached hydrogens (tertiary/aromatic N) is 3. The van der Waals surface area contributed by atoms with Crippen molar-refractivity contribution < 1.29 is 0 Å². The van der Waals surface area contributed by atoms with Crippen LogP contribution in [0.1, 0.15) is 5.82 Å². The third-order valence-electron chi connectivity index (χ3n) is 1.24. The van der Waals surface area contributed by atoms with E-state index in [1.54, 1.807) is 6.33 Å². The zero-order valence-electron chi connectivity index (χ0n) is 4.78. The van der Waals surface area contributed by atoms with Gasteiger partial charge in [0.2, 0.25) is 0 Å². The van der Waals surface area contributed by atoms with Crippen molar-refractivity contribution in [3.63, 3.8) is 0 Å². The molecule has 1 aliphatic heterocycles. The van der Waals surface area contributed by atoms with Gasteiger partial charge in [-0.05, 0) is 6.08 Å². The average molecular weight is 119 g/mol. The van der Waals surface area contributed by atoms with Gasteiger partial charge in [-0.1, -0.05) is 0 Å². The summed E-state index contributed by atoms with van der Waals surface area (Å²) in [5.41, 5.74) is 2.95. The zero-order valence-corrected chi connectivity index (χ0v) is 4.78. The predicted octanol–water partition coefficient (Wildman–Crippen LogP) is 0.460. The molecule has 0 saturated carbocycles. The molecule has 0 bridgehead atoms. The Labute approximate surface area is 52.3 Å². The van der Waals surface area contributed by atoms with E-state index in [1.807, 2.05) is 16.8 Å². The number of hydrogen-bond donors (Lipinski definition) is 0. The SMILES string of the molecule is C1=CCn2ncnc2C=1. The molecule has 44 valence electrons. The minimum atomic E-state index is 0.797. The van der Waals surface area contributed by atoms with E-state index in [1.165, 1.54) is 0 Å². The molecule has 0 unspecified atom stereocenters. The molecule has 0 atom stereocenters. The molecule has 1 aromatic rings. The lowest BCUT2D eigenvalue weighted by Gasteiger charge is -1.98. The summed E-state index contributed by atoms with van der Waals surface area (Å²) in [4.78, 5) is 3.97. The third kappa shape index (κ3) is 0.590. The Balaban J connectivity index is 2.65. The van der Waals surface area contributed by atoms with Gasteiger partial charge in [-0.2, -0.15) is 5.10 Å². The lowest BCUT2D eigenvalue weighted by atomic mass is 10.4. The van der Waals surface area contributed by atoms with Crippen molar-refractivity contribution in [2.75, 3.05) is 0 Å². The van der Waals surface area contributed by atoms with Crippen LogP contribution in [0.25, 0.3) is 6.08 Å². The molecule has 2 rings (SSSR count). The van der Waals surface area contributed by atoms with Crippen LogP contribution in [-0.2, 0) is 6.54 Å². The van der Waals surface area contributed by atoms with Crippen LogP contribution in [0.2, 0.25) is 0 Å². The molecular weight excluding hydrogens is 114 g/mol. The molecule has 3 heteroatoms. The topological polar surface area (TPSA) is 30.7 Å². The van der Waals surface area contributed by atoms with Gasteiger partial charge in [0.15, 0.2) is 5.82 Å². The van der Waals surface area contributed by atoms with E-state index >= 15 is 0 Å². The highest BCUT2D eigenvalue weighted by Gasteiger charge is 1.98. The fraction of sp³-hybridized carbons (Fsp3) is 0.167. The Hall–Kier alpha value is -1.34. The molecule has 0 radical (unpaired) electrons. The molecular formula is C6H5N3. The molecule has 0 amide bonds. The van der Waals surface area contributed by atoms with Crippen molar-refractivity contribution in [2.45, 2.75) is 6.54 Å². The quantitative estimate of drug-likeness (QED) is 0.464. The summed E-state index contributed by atoms with van der Waals surface area (Å²) >= 11 is 0. The standard InChI is InChI=1S/C6H5N3/c1-2-4-9-6(3-1)7-5-8-9/h2-3,5H,4H2. The van der Waals surface area contributed by atoms with Crippen molar-refractivity contribution in [1.29, 1.82) is 0 Å². The van der Waals surface area contributed by atoms with Crippen LogP contribution in [0.5, 0.6) is 0 Å². The van der Waals surface area contributed by atoms with E-state index in [4.69, 9.17) is 0 Å². The summed E-state index contributed by atoms with van der Waals surface area (Å²) in [5, 5.41) is 3.96. The van der Waals surface area contributed by atoms with Crippen molar-refractivity contribution in [1.82, 2.24) is 14.8 Å². The largest absolute Gasteiger partial charge is 0.241 e. The van der Waals surface area contributed by atoms with Gasteiger partial charge in [-0.3, -0.25) is 0 Å². The predicted molar refractivity (Wildman–Crippen MR) is 32.6 cm³/mol. The van der Waals surface area contributed by atoms with E-state index < -0.39 is 0 Å². The van der Waals surface area contributed by atoms with E-state index in [2.05, 4.69) is 15.8 Å². The molecule has 3 nitrogen and oxygen atoms in total. The summed E-state index contributed by atoms with van der Waals surface area (Å²) in [7, 11) is 0. The van der Waals surface area contributed by atoms with Gasteiger partial charge in [0.25, 0.3) is 0 Å². The Kier molecular flexibility index (Phi) is 0.790. The van der Waals surface area contributed by atoms with Gasteiger partial charge in [-0.15, -0.1) is 5.73 Å². The fourth-order valence-electron chi connectivity index (χ4n) is 0.798. The van der Waals surface area contributed by atoms with Crippen LogP contribution < -0.4 is 0 Å². The van der Waals surface area contributed by atoms with E-state index in [9.17, 15) is 0 Å². The molecule has 0 spiro atoms.